The molecule has 1 heterocycles. The molecule has 3 N–H and O–H groups in total. The number of likely N-dealkylation sites (tertiary alicyclic amines) is 1. The molecule has 116 valence electrons. The summed E-state index contributed by atoms with van der Waals surface area (Å²) in [4.78, 5) is 2.52. The summed E-state index contributed by atoms with van der Waals surface area (Å²) in [5, 5.41) is 11.1. The molecule has 3 rings (SSSR count). The smallest absolute Gasteiger partial charge is 0.114 e. The maximum absolute atomic E-state index is 11.1. The third-order valence-corrected chi connectivity index (χ3v) is 5.47. The van der Waals surface area contributed by atoms with Gasteiger partial charge in [-0.2, -0.15) is 0 Å². The minimum atomic E-state index is -0.916. The van der Waals surface area contributed by atoms with E-state index in [4.69, 9.17) is 5.73 Å². The van der Waals surface area contributed by atoms with E-state index < -0.39 is 5.60 Å². The van der Waals surface area contributed by atoms with Crippen LogP contribution in [0.5, 0.6) is 0 Å². The Kier molecular flexibility index (Phi) is 4.63. The van der Waals surface area contributed by atoms with Gasteiger partial charge in [0.1, 0.15) is 5.60 Å². The molecule has 0 bridgehead atoms. The molecule has 3 heteroatoms. The van der Waals surface area contributed by atoms with E-state index in [2.05, 4.69) is 4.90 Å². The minimum Gasteiger partial charge on any atom is -0.382 e. The van der Waals surface area contributed by atoms with E-state index >= 15 is 0 Å². The van der Waals surface area contributed by atoms with Crippen molar-refractivity contribution in [2.45, 2.75) is 50.2 Å². The van der Waals surface area contributed by atoms with Crippen LogP contribution in [0.1, 0.15) is 44.1 Å². The van der Waals surface area contributed by atoms with Crippen LogP contribution in [0.2, 0.25) is 0 Å². The summed E-state index contributed by atoms with van der Waals surface area (Å²) in [7, 11) is 0. The first-order valence-corrected chi connectivity index (χ1v) is 8.45. The Morgan fingerprint density at radius 1 is 1.10 bits per heavy atom. The van der Waals surface area contributed by atoms with Gasteiger partial charge in [-0.3, -0.25) is 4.90 Å². The van der Waals surface area contributed by atoms with Crippen molar-refractivity contribution in [2.24, 2.45) is 11.7 Å². The van der Waals surface area contributed by atoms with Crippen molar-refractivity contribution in [1.29, 1.82) is 0 Å². The predicted molar refractivity (Wildman–Crippen MR) is 85.9 cm³/mol. The molecule has 1 aliphatic heterocycles. The van der Waals surface area contributed by atoms with Gasteiger partial charge in [0, 0.05) is 19.1 Å². The van der Waals surface area contributed by atoms with Gasteiger partial charge in [-0.1, -0.05) is 43.2 Å². The van der Waals surface area contributed by atoms with Crippen molar-refractivity contribution < 1.29 is 5.11 Å². The number of benzene rings is 1. The topological polar surface area (TPSA) is 49.5 Å². The van der Waals surface area contributed by atoms with Crippen molar-refractivity contribution in [3.05, 3.63) is 35.9 Å². The number of fused-ring (bicyclic) bond motifs is 1. The first-order chi connectivity index (χ1) is 10.2. The van der Waals surface area contributed by atoms with E-state index in [-0.39, 0.29) is 6.54 Å². The number of hydrogen-bond acceptors (Lipinski definition) is 3. The quantitative estimate of drug-likeness (QED) is 0.895. The van der Waals surface area contributed by atoms with Gasteiger partial charge >= 0.3 is 0 Å². The van der Waals surface area contributed by atoms with Crippen molar-refractivity contribution >= 4 is 0 Å². The molecule has 1 aliphatic carbocycles. The van der Waals surface area contributed by atoms with Gasteiger partial charge in [0.05, 0.1) is 0 Å². The normalized spacial score (nSPS) is 29.6. The minimum absolute atomic E-state index is 0.283. The molecular formula is C18H28N2O. The second-order valence-corrected chi connectivity index (χ2v) is 6.83. The Morgan fingerprint density at radius 2 is 1.81 bits per heavy atom. The Morgan fingerprint density at radius 3 is 2.57 bits per heavy atom. The summed E-state index contributed by atoms with van der Waals surface area (Å²) >= 11 is 0. The van der Waals surface area contributed by atoms with Crippen LogP contribution in [-0.2, 0) is 5.60 Å². The van der Waals surface area contributed by atoms with Gasteiger partial charge in [0.15, 0.2) is 0 Å². The fourth-order valence-electron chi connectivity index (χ4n) is 4.28. The zero-order valence-electron chi connectivity index (χ0n) is 12.9. The zero-order valence-corrected chi connectivity index (χ0v) is 12.9. The Labute approximate surface area is 128 Å². The number of β-amino-alcohol motifs (C(OH)–C–C–N with tert-alkyl or cyclic N) is 1. The molecule has 1 saturated heterocycles. The molecule has 3 unspecified atom stereocenters. The van der Waals surface area contributed by atoms with Crippen LogP contribution in [-0.4, -0.2) is 35.7 Å². The van der Waals surface area contributed by atoms with Crippen molar-refractivity contribution in [1.82, 2.24) is 4.90 Å². The van der Waals surface area contributed by atoms with E-state index in [1.165, 1.54) is 38.5 Å². The van der Waals surface area contributed by atoms with Gasteiger partial charge in [-0.25, -0.2) is 0 Å². The van der Waals surface area contributed by atoms with E-state index in [1.54, 1.807) is 0 Å². The van der Waals surface area contributed by atoms with Crippen molar-refractivity contribution in [3.63, 3.8) is 0 Å². The number of nitrogens with two attached hydrogens (primary N) is 1. The van der Waals surface area contributed by atoms with Crippen LogP contribution < -0.4 is 5.73 Å². The number of rotatable bonds is 4. The lowest BCUT2D eigenvalue weighted by Gasteiger charge is -2.47. The van der Waals surface area contributed by atoms with Crippen LogP contribution in [0.15, 0.2) is 30.3 Å². The van der Waals surface area contributed by atoms with Gasteiger partial charge in [-0.05, 0) is 43.7 Å². The predicted octanol–water partition coefficient (Wildman–Crippen LogP) is 2.49. The summed E-state index contributed by atoms with van der Waals surface area (Å²) < 4.78 is 0. The second-order valence-electron chi connectivity index (χ2n) is 6.83. The average molecular weight is 288 g/mol. The summed E-state index contributed by atoms with van der Waals surface area (Å²) in [5.74, 6) is 0.838. The maximum Gasteiger partial charge on any atom is 0.114 e. The van der Waals surface area contributed by atoms with Crippen LogP contribution in [0.25, 0.3) is 0 Å². The van der Waals surface area contributed by atoms with Gasteiger partial charge in [0.25, 0.3) is 0 Å². The standard InChI is InChI=1S/C18H28N2O/c19-13-18(21,16-9-2-1-3-10-16)14-20-12-6-8-15-7-4-5-11-17(15)20/h1-3,9-10,15,17,21H,4-8,11-14,19H2. The first kappa shape index (κ1) is 15.0. The number of aliphatic hydroxyl groups is 1. The largest absolute Gasteiger partial charge is 0.382 e. The molecule has 1 saturated carbocycles. The molecule has 0 spiro atoms. The third kappa shape index (κ3) is 3.15. The molecule has 1 aromatic rings. The highest BCUT2D eigenvalue weighted by atomic mass is 16.3. The molecule has 2 aliphatic rings. The van der Waals surface area contributed by atoms with Crippen LogP contribution in [0, 0.1) is 5.92 Å². The fourth-order valence-corrected chi connectivity index (χ4v) is 4.28. The van der Waals surface area contributed by atoms with Crippen LogP contribution in [0.3, 0.4) is 0 Å². The summed E-state index contributed by atoms with van der Waals surface area (Å²) in [5.41, 5.74) is 5.98. The molecule has 0 amide bonds. The van der Waals surface area contributed by atoms with Crippen LogP contribution in [0.4, 0.5) is 0 Å². The summed E-state index contributed by atoms with van der Waals surface area (Å²) in [6.07, 6.45) is 8.01. The van der Waals surface area contributed by atoms with E-state index in [0.29, 0.717) is 12.6 Å². The maximum atomic E-state index is 11.1. The highest BCUT2D eigenvalue weighted by Crippen LogP contribution is 2.36. The summed E-state index contributed by atoms with van der Waals surface area (Å²) in [6, 6.07) is 10.6. The lowest BCUT2D eigenvalue weighted by atomic mass is 9.77. The molecule has 1 aromatic carbocycles. The lowest BCUT2D eigenvalue weighted by Crippen LogP contribution is -2.54. The van der Waals surface area contributed by atoms with Crippen molar-refractivity contribution in [3.8, 4) is 0 Å². The first-order valence-electron chi connectivity index (χ1n) is 8.45. The van der Waals surface area contributed by atoms with Crippen LogP contribution >= 0.6 is 0 Å². The third-order valence-electron chi connectivity index (χ3n) is 5.47. The van der Waals surface area contributed by atoms with E-state index in [0.717, 1.165) is 18.0 Å². The highest BCUT2D eigenvalue weighted by molar-refractivity contribution is 5.23. The molecule has 0 aromatic heterocycles. The molecule has 2 fully saturated rings. The SMILES string of the molecule is NCC(O)(CN1CCCC2CCCCC21)c1ccccc1. The Balaban J connectivity index is 1.76. The van der Waals surface area contributed by atoms with Gasteiger partial charge < -0.3 is 10.8 Å². The second kappa shape index (κ2) is 6.47. The van der Waals surface area contributed by atoms with Gasteiger partial charge in [-0.15, -0.1) is 0 Å². The lowest BCUT2D eigenvalue weighted by molar-refractivity contribution is -0.0357. The number of piperidine rings is 1. The van der Waals surface area contributed by atoms with Crippen molar-refractivity contribution in [2.75, 3.05) is 19.6 Å². The van der Waals surface area contributed by atoms with E-state index in [1.807, 2.05) is 30.3 Å². The molecule has 3 nitrogen and oxygen atoms in total. The molecule has 3 atom stereocenters. The highest BCUT2D eigenvalue weighted by Gasteiger charge is 2.38. The monoisotopic (exact) mass is 288 g/mol. The summed E-state index contributed by atoms with van der Waals surface area (Å²) in [6.45, 7) is 2.07. The Bertz CT molecular complexity index is 448. The molecule has 0 radical (unpaired) electrons. The molecule has 21 heavy (non-hydrogen) atoms. The molecular weight excluding hydrogens is 260 g/mol. The zero-order chi connectivity index (χ0) is 14.7. The Hall–Kier alpha value is -0.900. The van der Waals surface area contributed by atoms with E-state index in [9.17, 15) is 5.11 Å². The number of hydrogen-bond donors (Lipinski definition) is 2. The van der Waals surface area contributed by atoms with Gasteiger partial charge in [0.2, 0.25) is 0 Å². The number of nitrogens with zero attached hydrogens (tertiary/aromatic N) is 1. The average Bonchev–Trinajstić information content (AvgIpc) is 2.56. The fraction of sp³-hybridized carbons (Fsp3) is 0.667.